The van der Waals surface area contributed by atoms with Crippen LogP contribution in [0.5, 0.6) is 0 Å². The van der Waals surface area contributed by atoms with Gasteiger partial charge in [0.2, 0.25) is 17.7 Å². The highest BCUT2D eigenvalue weighted by atomic mass is 79.9. The monoisotopic (exact) mass is 461 g/mol. The van der Waals surface area contributed by atoms with Gasteiger partial charge in [0.25, 0.3) is 0 Å². The molecule has 152 valence electrons. The summed E-state index contributed by atoms with van der Waals surface area (Å²) in [6.45, 7) is 7.21. The molecule has 7 atom stereocenters. The molecule has 3 unspecified atom stereocenters. The number of amides is 3. The molecule has 3 heterocycles. The average molecular weight is 462 g/mol. The summed E-state index contributed by atoms with van der Waals surface area (Å²) in [5.74, 6) is -1.61. The molecule has 3 aliphatic heterocycles. The molecule has 3 aliphatic rings. The fraction of sp³-hybridized carbons (Fsp3) is 0.833. The number of nitrogens with one attached hydrogen (secondary N) is 2. The Balaban J connectivity index is 2.08. The van der Waals surface area contributed by atoms with Crippen molar-refractivity contribution in [3.8, 4) is 0 Å². The first kappa shape index (κ1) is 20.9. The van der Waals surface area contributed by atoms with Gasteiger partial charge in [0.1, 0.15) is 6.04 Å². The third kappa shape index (κ3) is 3.09. The summed E-state index contributed by atoms with van der Waals surface area (Å²) in [5, 5.41) is 15.4. The van der Waals surface area contributed by atoms with Crippen LogP contribution in [0.15, 0.2) is 0 Å². The Morgan fingerprint density at radius 1 is 1.41 bits per heavy atom. The lowest BCUT2D eigenvalue weighted by atomic mass is 9.70. The van der Waals surface area contributed by atoms with Crippen LogP contribution in [0.25, 0.3) is 0 Å². The van der Waals surface area contributed by atoms with Gasteiger partial charge in [-0.1, -0.05) is 15.9 Å². The van der Waals surface area contributed by atoms with E-state index >= 15 is 0 Å². The Labute approximate surface area is 172 Å². The SMILES string of the molecule is CNC(=O)[C@H]1[C@@H]2SC3(CC2Br)C(C(=O)NC(C)(C)C)N([C@H](C)CO)C(=O)[C@H]13. The number of aliphatic hydroxyl groups is 1. The van der Waals surface area contributed by atoms with Crippen molar-refractivity contribution in [3.63, 3.8) is 0 Å². The van der Waals surface area contributed by atoms with Crippen molar-refractivity contribution >= 4 is 45.4 Å². The molecule has 0 saturated carbocycles. The van der Waals surface area contributed by atoms with Gasteiger partial charge in [-0.15, -0.1) is 11.8 Å². The van der Waals surface area contributed by atoms with Crippen molar-refractivity contribution in [2.24, 2.45) is 11.8 Å². The van der Waals surface area contributed by atoms with Gasteiger partial charge >= 0.3 is 0 Å². The van der Waals surface area contributed by atoms with E-state index in [-0.39, 0.29) is 34.4 Å². The van der Waals surface area contributed by atoms with Crippen LogP contribution in [0.4, 0.5) is 0 Å². The van der Waals surface area contributed by atoms with Crippen LogP contribution >= 0.6 is 27.7 Å². The molecular weight excluding hydrogens is 434 g/mol. The van der Waals surface area contributed by atoms with E-state index in [9.17, 15) is 19.5 Å². The normalized spacial score (nSPS) is 38.7. The summed E-state index contributed by atoms with van der Waals surface area (Å²) >= 11 is 5.28. The third-order valence-corrected chi connectivity index (χ3v) is 8.98. The maximum absolute atomic E-state index is 13.4. The molecule has 3 amide bonds. The molecule has 0 aliphatic carbocycles. The zero-order valence-corrected chi connectivity index (χ0v) is 18.7. The third-order valence-electron chi connectivity index (χ3n) is 5.76. The second kappa shape index (κ2) is 6.91. The molecule has 3 N–H and O–H groups in total. The second-order valence-electron chi connectivity index (χ2n) is 8.79. The number of likely N-dealkylation sites (tertiary alicyclic amines) is 1. The van der Waals surface area contributed by atoms with Gasteiger partial charge in [-0.25, -0.2) is 0 Å². The standard InChI is InChI=1S/C18H28BrN3O4S/c1-8(7-23)22-13(15(25)21-17(2,3)4)18-6-9(19)12(27-18)10(14(24)20-5)11(18)16(22)26/h8-13,23H,6-7H2,1-5H3,(H,20,24)(H,21,25)/t8-,9?,10-,11+,12-,13?,18?/m1/s1. The lowest BCUT2D eigenvalue weighted by Gasteiger charge is -2.38. The second-order valence-corrected chi connectivity index (χ2v) is 11.5. The zero-order chi connectivity index (χ0) is 20.3. The summed E-state index contributed by atoms with van der Waals surface area (Å²) in [5.41, 5.74) is -0.446. The van der Waals surface area contributed by atoms with Gasteiger partial charge in [-0.05, 0) is 34.1 Å². The maximum atomic E-state index is 13.4. The topological polar surface area (TPSA) is 98.7 Å². The van der Waals surface area contributed by atoms with Crippen LogP contribution in [-0.2, 0) is 14.4 Å². The number of carbonyl (C=O) groups excluding carboxylic acids is 3. The first-order valence-electron chi connectivity index (χ1n) is 9.27. The van der Waals surface area contributed by atoms with E-state index in [2.05, 4.69) is 26.6 Å². The highest BCUT2D eigenvalue weighted by Gasteiger charge is 2.75. The number of alkyl halides is 1. The van der Waals surface area contributed by atoms with Crippen molar-refractivity contribution in [1.82, 2.24) is 15.5 Å². The molecule has 3 fully saturated rings. The van der Waals surface area contributed by atoms with E-state index < -0.39 is 34.2 Å². The number of carbonyl (C=O) groups is 3. The van der Waals surface area contributed by atoms with Crippen molar-refractivity contribution in [3.05, 3.63) is 0 Å². The number of rotatable bonds is 4. The molecule has 0 radical (unpaired) electrons. The maximum Gasteiger partial charge on any atom is 0.244 e. The fourth-order valence-corrected chi connectivity index (χ4v) is 8.43. The summed E-state index contributed by atoms with van der Waals surface area (Å²) in [7, 11) is 1.58. The highest BCUT2D eigenvalue weighted by Crippen LogP contribution is 2.67. The summed E-state index contributed by atoms with van der Waals surface area (Å²) in [6, 6.07) is -1.20. The van der Waals surface area contributed by atoms with Gasteiger partial charge in [0.05, 0.1) is 29.2 Å². The lowest BCUT2D eigenvalue weighted by Crippen LogP contribution is -2.59. The Bertz CT molecular complexity index is 669. The van der Waals surface area contributed by atoms with Gasteiger partial charge in [0, 0.05) is 22.7 Å². The minimum Gasteiger partial charge on any atom is -0.394 e. The largest absolute Gasteiger partial charge is 0.394 e. The summed E-state index contributed by atoms with van der Waals surface area (Å²) < 4.78 is -0.661. The predicted octanol–water partition coefficient (Wildman–Crippen LogP) is 0.492. The minimum atomic E-state index is -0.707. The first-order chi connectivity index (χ1) is 12.5. The Kier molecular flexibility index (Phi) is 5.36. The van der Waals surface area contributed by atoms with Gasteiger partial charge in [0.15, 0.2) is 0 Å². The molecule has 9 heteroatoms. The van der Waals surface area contributed by atoms with Gasteiger partial charge < -0.3 is 20.6 Å². The van der Waals surface area contributed by atoms with Gasteiger partial charge in [-0.2, -0.15) is 0 Å². The van der Waals surface area contributed by atoms with Crippen LogP contribution in [0.2, 0.25) is 0 Å². The van der Waals surface area contributed by atoms with E-state index in [1.807, 2.05) is 20.8 Å². The molecule has 3 saturated heterocycles. The number of aliphatic hydroxyl groups excluding tert-OH is 1. The van der Waals surface area contributed by atoms with Crippen LogP contribution in [0.3, 0.4) is 0 Å². The van der Waals surface area contributed by atoms with E-state index in [1.165, 1.54) is 4.90 Å². The molecule has 0 aromatic carbocycles. The Hall–Kier alpha value is -0.800. The Morgan fingerprint density at radius 3 is 2.56 bits per heavy atom. The van der Waals surface area contributed by atoms with Crippen molar-refractivity contribution < 1.29 is 19.5 Å². The van der Waals surface area contributed by atoms with Crippen molar-refractivity contribution in [2.45, 2.75) is 66.6 Å². The van der Waals surface area contributed by atoms with E-state index in [1.54, 1.807) is 25.7 Å². The number of thioether (sulfide) groups is 1. The number of hydrogen-bond donors (Lipinski definition) is 3. The highest BCUT2D eigenvalue weighted by molar-refractivity contribution is 9.09. The molecule has 2 bridgehead atoms. The van der Waals surface area contributed by atoms with Crippen molar-refractivity contribution in [2.75, 3.05) is 13.7 Å². The lowest BCUT2D eigenvalue weighted by molar-refractivity contribution is -0.142. The molecule has 0 aromatic rings. The first-order valence-corrected chi connectivity index (χ1v) is 11.1. The number of hydrogen-bond acceptors (Lipinski definition) is 5. The zero-order valence-electron chi connectivity index (χ0n) is 16.3. The number of fused-ring (bicyclic) bond motifs is 1. The summed E-state index contributed by atoms with van der Waals surface area (Å²) in [4.78, 5) is 40.9. The molecule has 3 rings (SSSR count). The molecule has 0 aromatic heterocycles. The van der Waals surface area contributed by atoms with Crippen LogP contribution in [-0.4, -0.2) is 73.8 Å². The molecule has 1 spiro atoms. The molecule has 27 heavy (non-hydrogen) atoms. The number of nitrogens with zero attached hydrogens (tertiary/aromatic N) is 1. The number of halogens is 1. The molecular formula is C18H28BrN3O4S. The molecule has 7 nitrogen and oxygen atoms in total. The Morgan fingerprint density at radius 2 is 2.04 bits per heavy atom. The van der Waals surface area contributed by atoms with Crippen molar-refractivity contribution in [1.29, 1.82) is 0 Å². The van der Waals surface area contributed by atoms with Crippen LogP contribution in [0.1, 0.15) is 34.1 Å². The van der Waals surface area contributed by atoms with E-state index in [0.717, 1.165) is 0 Å². The quantitative estimate of drug-likeness (QED) is 0.529. The van der Waals surface area contributed by atoms with Gasteiger partial charge in [-0.3, -0.25) is 14.4 Å². The summed E-state index contributed by atoms with van der Waals surface area (Å²) in [6.07, 6.45) is 0.642. The van der Waals surface area contributed by atoms with Crippen LogP contribution in [0, 0.1) is 11.8 Å². The fourth-order valence-electron chi connectivity index (χ4n) is 4.83. The minimum absolute atomic E-state index is 0.0459. The van der Waals surface area contributed by atoms with E-state index in [0.29, 0.717) is 6.42 Å². The van der Waals surface area contributed by atoms with E-state index in [4.69, 9.17) is 0 Å². The average Bonchev–Trinajstić information content (AvgIpc) is 3.15. The van der Waals surface area contributed by atoms with Crippen LogP contribution < -0.4 is 10.6 Å². The predicted molar refractivity (Wildman–Crippen MR) is 108 cm³/mol. The smallest absolute Gasteiger partial charge is 0.244 e.